The van der Waals surface area contributed by atoms with E-state index in [0.29, 0.717) is 11.3 Å². The molecule has 0 atom stereocenters. The highest BCUT2D eigenvalue weighted by Crippen LogP contribution is 2.16. The Balaban J connectivity index is 1.86. The zero-order valence-electron chi connectivity index (χ0n) is 12.6. The van der Waals surface area contributed by atoms with Crippen molar-refractivity contribution in [2.45, 2.75) is 26.2 Å². The minimum atomic E-state index is -0.917. The standard InChI is InChI=1S/C18H20FNO2/c1-13-2-4-14(5-3-13)10-11-20-16-8-6-15(17(19)12-16)7-9-18(21)22/h2-6,8,12,20H,7,9-11H2,1H3,(H,21,22). The number of nitrogens with one attached hydrogen (secondary N) is 1. The van der Waals surface area contributed by atoms with E-state index in [4.69, 9.17) is 5.11 Å². The van der Waals surface area contributed by atoms with Crippen LogP contribution in [0.15, 0.2) is 42.5 Å². The van der Waals surface area contributed by atoms with E-state index in [1.807, 2.05) is 0 Å². The molecule has 0 heterocycles. The van der Waals surface area contributed by atoms with Crippen LogP contribution >= 0.6 is 0 Å². The van der Waals surface area contributed by atoms with Gasteiger partial charge in [0.25, 0.3) is 0 Å². The molecule has 0 aromatic heterocycles. The SMILES string of the molecule is Cc1ccc(CCNc2ccc(CCC(=O)O)c(F)c2)cc1. The van der Waals surface area contributed by atoms with E-state index < -0.39 is 5.97 Å². The lowest BCUT2D eigenvalue weighted by atomic mass is 10.1. The van der Waals surface area contributed by atoms with Crippen molar-refractivity contribution in [3.05, 3.63) is 65.0 Å². The van der Waals surface area contributed by atoms with Gasteiger partial charge in [0.1, 0.15) is 5.82 Å². The summed E-state index contributed by atoms with van der Waals surface area (Å²) in [5.74, 6) is -1.28. The summed E-state index contributed by atoms with van der Waals surface area (Å²) in [4.78, 5) is 10.5. The van der Waals surface area contributed by atoms with Crippen LogP contribution in [0, 0.1) is 12.7 Å². The van der Waals surface area contributed by atoms with Crippen molar-refractivity contribution < 1.29 is 14.3 Å². The second-order valence-electron chi connectivity index (χ2n) is 5.36. The van der Waals surface area contributed by atoms with E-state index in [-0.39, 0.29) is 18.7 Å². The molecule has 0 radical (unpaired) electrons. The molecule has 0 unspecified atom stereocenters. The summed E-state index contributed by atoms with van der Waals surface area (Å²) in [6.45, 7) is 2.77. The Morgan fingerprint density at radius 3 is 2.50 bits per heavy atom. The van der Waals surface area contributed by atoms with E-state index in [2.05, 4.69) is 36.5 Å². The molecule has 4 heteroatoms. The van der Waals surface area contributed by atoms with E-state index in [1.165, 1.54) is 17.2 Å². The van der Waals surface area contributed by atoms with Crippen LogP contribution in [0.4, 0.5) is 10.1 Å². The van der Waals surface area contributed by atoms with Gasteiger partial charge in [-0.3, -0.25) is 4.79 Å². The molecular weight excluding hydrogens is 281 g/mol. The number of carboxylic acids is 1. The van der Waals surface area contributed by atoms with Gasteiger partial charge in [-0.15, -0.1) is 0 Å². The molecule has 2 rings (SSSR count). The van der Waals surface area contributed by atoms with Crippen molar-refractivity contribution in [2.75, 3.05) is 11.9 Å². The third-order valence-electron chi connectivity index (χ3n) is 3.52. The molecule has 22 heavy (non-hydrogen) atoms. The number of aliphatic carboxylic acids is 1. The van der Waals surface area contributed by atoms with Gasteiger partial charge in [-0.25, -0.2) is 4.39 Å². The summed E-state index contributed by atoms with van der Waals surface area (Å²) in [5.41, 5.74) is 3.61. The molecule has 2 aromatic rings. The monoisotopic (exact) mass is 301 g/mol. The fourth-order valence-corrected chi connectivity index (χ4v) is 2.21. The van der Waals surface area contributed by atoms with E-state index in [0.717, 1.165) is 13.0 Å². The minimum absolute atomic E-state index is 0.0584. The normalized spacial score (nSPS) is 10.5. The van der Waals surface area contributed by atoms with E-state index in [9.17, 15) is 9.18 Å². The number of hydrogen-bond donors (Lipinski definition) is 2. The molecule has 0 saturated carbocycles. The molecule has 0 fully saturated rings. The number of anilines is 1. The van der Waals surface area contributed by atoms with Crippen molar-refractivity contribution in [3.63, 3.8) is 0 Å². The van der Waals surface area contributed by atoms with Crippen LogP contribution in [0.2, 0.25) is 0 Å². The van der Waals surface area contributed by atoms with Crippen molar-refractivity contribution in [3.8, 4) is 0 Å². The van der Waals surface area contributed by atoms with E-state index >= 15 is 0 Å². The molecule has 0 aliphatic heterocycles. The van der Waals surface area contributed by atoms with Crippen molar-refractivity contribution in [2.24, 2.45) is 0 Å². The average molecular weight is 301 g/mol. The molecule has 2 aromatic carbocycles. The Morgan fingerprint density at radius 2 is 1.86 bits per heavy atom. The predicted octanol–water partition coefficient (Wildman–Crippen LogP) is 3.81. The number of carbonyl (C=O) groups is 1. The predicted molar refractivity (Wildman–Crippen MR) is 85.7 cm³/mol. The summed E-state index contributed by atoms with van der Waals surface area (Å²) in [6.07, 6.45) is 1.02. The lowest BCUT2D eigenvalue weighted by Crippen LogP contribution is -2.06. The second-order valence-corrected chi connectivity index (χ2v) is 5.36. The van der Waals surface area contributed by atoms with Crippen molar-refractivity contribution in [1.29, 1.82) is 0 Å². The molecule has 2 N–H and O–H groups in total. The van der Waals surface area contributed by atoms with Gasteiger partial charge in [0.15, 0.2) is 0 Å². The Hall–Kier alpha value is -2.36. The molecule has 116 valence electrons. The zero-order chi connectivity index (χ0) is 15.9. The quantitative estimate of drug-likeness (QED) is 0.817. The molecule has 0 saturated heterocycles. The first-order valence-corrected chi connectivity index (χ1v) is 7.34. The Bertz CT molecular complexity index is 638. The smallest absolute Gasteiger partial charge is 0.303 e. The van der Waals surface area contributed by atoms with Gasteiger partial charge in [-0.1, -0.05) is 35.9 Å². The van der Waals surface area contributed by atoms with Gasteiger partial charge in [-0.05, 0) is 43.0 Å². The maximum absolute atomic E-state index is 13.9. The van der Waals surface area contributed by atoms with Crippen LogP contribution in [0.25, 0.3) is 0 Å². The Labute approximate surface area is 129 Å². The summed E-state index contributed by atoms with van der Waals surface area (Å²) in [6, 6.07) is 13.2. The van der Waals surface area contributed by atoms with Gasteiger partial charge in [0, 0.05) is 18.7 Å². The van der Waals surface area contributed by atoms with Gasteiger partial charge in [-0.2, -0.15) is 0 Å². The van der Waals surface area contributed by atoms with Crippen molar-refractivity contribution >= 4 is 11.7 Å². The average Bonchev–Trinajstić information content (AvgIpc) is 2.48. The first-order chi connectivity index (χ1) is 10.5. The van der Waals surface area contributed by atoms with Crippen LogP contribution in [-0.2, 0) is 17.6 Å². The summed E-state index contributed by atoms with van der Waals surface area (Å²) in [7, 11) is 0. The summed E-state index contributed by atoms with van der Waals surface area (Å²) >= 11 is 0. The Kier molecular flexibility index (Phi) is 5.53. The molecule has 0 bridgehead atoms. The summed E-state index contributed by atoms with van der Waals surface area (Å²) < 4.78 is 13.9. The number of halogens is 1. The van der Waals surface area contributed by atoms with Crippen LogP contribution in [-0.4, -0.2) is 17.6 Å². The largest absolute Gasteiger partial charge is 0.481 e. The molecule has 0 aliphatic carbocycles. The maximum Gasteiger partial charge on any atom is 0.303 e. The zero-order valence-corrected chi connectivity index (χ0v) is 12.6. The summed E-state index contributed by atoms with van der Waals surface area (Å²) in [5, 5.41) is 11.8. The van der Waals surface area contributed by atoms with Gasteiger partial charge in [0.05, 0.1) is 0 Å². The number of hydrogen-bond acceptors (Lipinski definition) is 2. The molecule has 0 amide bonds. The topological polar surface area (TPSA) is 49.3 Å². The highest BCUT2D eigenvalue weighted by atomic mass is 19.1. The highest BCUT2D eigenvalue weighted by Gasteiger charge is 2.06. The lowest BCUT2D eigenvalue weighted by Gasteiger charge is -2.09. The first kappa shape index (κ1) is 16.0. The number of benzene rings is 2. The van der Waals surface area contributed by atoms with Crippen LogP contribution < -0.4 is 5.32 Å². The number of aryl methyl sites for hydroxylation is 2. The van der Waals surface area contributed by atoms with Crippen LogP contribution in [0.1, 0.15) is 23.1 Å². The van der Waals surface area contributed by atoms with Gasteiger partial charge in [0.2, 0.25) is 0 Å². The molecule has 0 spiro atoms. The fourth-order valence-electron chi connectivity index (χ4n) is 2.21. The minimum Gasteiger partial charge on any atom is -0.481 e. The Morgan fingerprint density at radius 1 is 1.14 bits per heavy atom. The third kappa shape index (κ3) is 4.88. The second kappa shape index (κ2) is 7.59. The van der Waals surface area contributed by atoms with Crippen LogP contribution in [0.3, 0.4) is 0 Å². The van der Waals surface area contributed by atoms with Crippen molar-refractivity contribution in [1.82, 2.24) is 0 Å². The highest BCUT2D eigenvalue weighted by molar-refractivity contribution is 5.67. The molecule has 3 nitrogen and oxygen atoms in total. The number of carboxylic acid groups (broad SMARTS) is 1. The van der Waals surface area contributed by atoms with Crippen LogP contribution in [0.5, 0.6) is 0 Å². The number of rotatable bonds is 7. The van der Waals surface area contributed by atoms with Gasteiger partial charge >= 0.3 is 5.97 Å². The third-order valence-corrected chi connectivity index (χ3v) is 3.52. The lowest BCUT2D eigenvalue weighted by molar-refractivity contribution is -0.136. The molecular formula is C18H20FNO2. The van der Waals surface area contributed by atoms with Gasteiger partial charge < -0.3 is 10.4 Å². The molecule has 0 aliphatic rings. The maximum atomic E-state index is 13.9. The fraction of sp³-hybridized carbons (Fsp3) is 0.278. The van der Waals surface area contributed by atoms with E-state index in [1.54, 1.807) is 12.1 Å². The first-order valence-electron chi connectivity index (χ1n) is 7.34.